The van der Waals surface area contributed by atoms with Gasteiger partial charge in [-0.05, 0) is 36.8 Å². The lowest BCUT2D eigenvalue weighted by atomic mass is 9.68. The highest BCUT2D eigenvalue weighted by atomic mass is 16.3. The molecule has 3 saturated heterocycles. The van der Waals surface area contributed by atoms with Crippen LogP contribution in [-0.2, 0) is 13.5 Å². The maximum Gasteiger partial charge on any atom is 0.0615 e. The Balaban J connectivity index is 1.67. The molecule has 3 fully saturated rings. The highest BCUT2D eigenvalue weighted by Gasteiger charge is 2.51. The van der Waals surface area contributed by atoms with E-state index >= 15 is 0 Å². The zero-order valence-electron chi connectivity index (χ0n) is 14.7. The molecule has 4 nitrogen and oxygen atoms in total. The molecule has 1 aromatic heterocycles. The largest absolute Gasteiger partial charge is 0.396 e. The number of fused-ring (bicyclic) bond motifs is 4. The fraction of sp³-hybridized carbons (Fsp3) is 0.524. The number of rotatable bonds is 2. The van der Waals surface area contributed by atoms with Crippen LogP contribution in [-0.4, -0.2) is 45.5 Å². The third-order valence-corrected chi connectivity index (χ3v) is 6.99. The van der Waals surface area contributed by atoms with Crippen molar-refractivity contribution in [1.82, 2.24) is 9.47 Å². The van der Waals surface area contributed by atoms with Crippen LogP contribution in [0.1, 0.15) is 30.1 Å². The van der Waals surface area contributed by atoms with E-state index in [-0.39, 0.29) is 13.2 Å². The monoisotopic (exact) mass is 338 g/mol. The highest BCUT2D eigenvalue weighted by molar-refractivity contribution is 5.86. The number of aliphatic hydroxyl groups is 2. The Morgan fingerprint density at radius 1 is 1.24 bits per heavy atom. The summed E-state index contributed by atoms with van der Waals surface area (Å²) < 4.78 is 2.40. The summed E-state index contributed by atoms with van der Waals surface area (Å²) in [6, 6.07) is 9.65. The van der Waals surface area contributed by atoms with Gasteiger partial charge in [-0.25, -0.2) is 0 Å². The van der Waals surface area contributed by atoms with Gasteiger partial charge in [0.25, 0.3) is 0 Å². The zero-order valence-corrected chi connectivity index (χ0v) is 14.7. The molecular weight excluding hydrogens is 312 g/mol. The third kappa shape index (κ3) is 2.05. The third-order valence-electron chi connectivity index (χ3n) is 6.99. The quantitative estimate of drug-likeness (QED) is 0.827. The first-order valence-electron chi connectivity index (χ1n) is 9.47. The second kappa shape index (κ2) is 5.70. The summed E-state index contributed by atoms with van der Waals surface area (Å²) >= 11 is 0. The van der Waals surface area contributed by atoms with Crippen molar-refractivity contribution in [2.75, 3.05) is 19.8 Å². The van der Waals surface area contributed by atoms with Crippen molar-refractivity contribution in [3.8, 4) is 0 Å². The van der Waals surface area contributed by atoms with Crippen molar-refractivity contribution < 1.29 is 10.2 Å². The average molecular weight is 338 g/mol. The molecule has 4 aliphatic heterocycles. The molecule has 4 heteroatoms. The Labute approximate surface area is 148 Å². The highest BCUT2D eigenvalue weighted by Crippen LogP contribution is 2.53. The van der Waals surface area contributed by atoms with Gasteiger partial charge in [0.2, 0.25) is 0 Å². The molecule has 0 aliphatic carbocycles. The lowest BCUT2D eigenvalue weighted by Crippen LogP contribution is -2.57. The van der Waals surface area contributed by atoms with Crippen LogP contribution in [0.5, 0.6) is 0 Å². The summed E-state index contributed by atoms with van der Waals surface area (Å²) in [4.78, 5) is 2.62. The maximum atomic E-state index is 10.1. The zero-order chi connectivity index (χ0) is 17.1. The molecule has 132 valence electrons. The van der Waals surface area contributed by atoms with Crippen molar-refractivity contribution in [1.29, 1.82) is 0 Å². The summed E-state index contributed by atoms with van der Waals surface area (Å²) in [5, 5.41) is 20.9. The second-order valence-corrected chi connectivity index (χ2v) is 7.88. The van der Waals surface area contributed by atoms with Gasteiger partial charge in [0, 0.05) is 48.8 Å². The summed E-state index contributed by atoms with van der Waals surface area (Å²) in [5.74, 6) is 0.712. The fourth-order valence-electron chi connectivity index (χ4n) is 5.98. The maximum absolute atomic E-state index is 10.1. The van der Waals surface area contributed by atoms with Crippen molar-refractivity contribution in [3.63, 3.8) is 0 Å². The number of para-hydroxylation sites is 1. The average Bonchev–Trinajstić information content (AvgIpc) is 2.85. The van der Waals surface area contributed by atoms with Crippen LogP contribution in [0.3, 0.4) is 0 Å². The number of aryl methyl sites for hydroxylation is 2. The van der Waals surface area contributed by atoms with E-state index in [0.29, 0.717) is 23.9 Å². The molecule has 0 radical (unpaired) electrons. The van der Waals surface area contributed by atoms with Gasteiger partial charge in [0.1, 0.15) is 0 Å². The van der Waals surface area contributed by atoms with Crippen molar-refractivity contribution in [2.45, 2.75) is 31.3 Å². The SMILES string of the molecule is Cn1c2c(c3ccccc31)CCC1C(CO)C3CC2N1CC3=CCO. The standard InChI is InChI=1S/C21H26N2O2/c1-22-18-5-3-2-4-14(18)15-6-7-19-17(12-25)16-10-20(21(15)22)23(19)11-13(16)8-9-24/h2-5,8,16-17,19-20,24-25H,6-7,9-12H2,1H3. The molecular formula is C21H26N2O2. The lowest BCUT2D eigenvalue weighted by Gasteiger charge is -2.55. The summed E-state index contributed by atoms with van der Waals surface area (Å²) in [5.41, 5.74) is 5.66. The van der Waals surface area contributed by atoms with Crippen LogP contribution in [0.25, 0.3) is 10.9 Å². The van der Waals surface area contributed by atoms with E-state index in [0.717, 1.165) is 25.8 Å². The van der Waals surface area contributed by atoms with Crippen molar-refractivity contribution in [3.05, 3.63) is 47.2 Å². The van der Waals surface area contributed by atoms with Gasteiger partial charge >= 0.3 is 0 Å². The van der Waals surface area contributed by atoms with Gasteiger partial charge in [-0.3, -0.25) is 4.90 Å². The number of aromatic nitrogens is 1. The number of aliphatic hydroxyl groups excluding tert-OH is 2. The molecule has 6 rings (SSSR count). The molecule has 2 N–H and O–H groups in total. The van der Waals surface area contributed by atoms with Gasteiger partial charge in [-0.15, -0.1) is 0 Å². The Hall–Kier alpha value is -1.62. The Morgan fingerprint density at radius 2 is 2.08 bits per heavy atom. The molecule has 4 aliphatic rings. The number of hydrogen-bond donors (Lipinski definition) is 2. The number of hydrogen-bond acceptors (Lipinski definition) is 3. The van der Waals surface area contributed by atoms with Crippen LogP contribution in [0.4, 0.5) is 0 Å². The van der Waals surface area contributed by atoms with Crippen LogP contribution < -0.4 is 0 Å². The smallest absolute Gasteiger partial charge is 0.0615 e. The molecule has 0 amide bonds. The number of piperidine rings is 3. The Bertz CT molecular complexity index is 853. The van der Waals surface area contributed by atoms with Crippen LogP contribution in [0.2, 0.25) is 0 Å². The molecule has 0 spiro atoms. The molecule has 0 saturated carbocycles. The van der Waals surface area contributed by atoms with E-state index in [2.05, 4.69) is 40.8 Å². The predicted octanol–water partition coefficient (Wildman–Crippen LogP) is 2.40. The van der Waals surface area contributed by atoms with Crippen LogP contribution in [0, 0.1) is 11.8 Å². The molecule has 5 atom stereocenters. The molecule has 4 bridgehead atoms. The minimum absolute atomic E-state index is 0.104. The number of nitrogens with zero attached hydrogens (tertiary/aromatic N) is 2. The van der Waals surface area contributed by atoms with Crippen LogP contribution in [0.15, 0.2) is 35.9 Å². The first-order valence-corrected chi connectivity index (χ1v) is 9.47. The summed E-state index contributed by atoms with van der Waals surface area (Å²) in [6.45, 7) is 1.29. The van der Waals surface area contributed by atoms with Crippen LogP contribution >= 0.6 is 0 Å². The summed E-state index contributed by atoms with van der Waals surface area (Å²) in [7, 11) is 2.21. The van der Waals surface area contributed by atoms with E-state index in [4.69, 9.17) is 0 Å². The predicted molar refractivity (Wildman–Crippen MR) is 98.3 cm³/mol. The molecule has 5 unspecified atom stereocenters. The van der Waals surface area contributed by atoms with E-state index in [1.54, 1.807) is 0 Å². The normalized spacial score (nSPS) is 35.2. The van der Waals surface area contributed by atoms with E-state index in [9.17, 15) is 10.2 Å². The lowest BCUT2D eigenvalue weighted by molar-refractivity contribution is -0.0428. The Morgan fingerprint density at radius 3 is 2.88 bits per heavy atom. The molecule has 1 aromatic carbocycles. The first kappa shape index (κ1) is 15.6. The van der Waals surface area contributed by atoms with E-state index in [1.807, 2.05) is 6.08 Å². The minimum Gasteiger partial charge on any atom is -0.396 e. The topological polar surface area (TPSA) is 48.6 Å². The van der Waals surface area contributed by atoms with Crippen molar-refractivity contribution in [2.24, 2.45) is 18.9 Å². The van der Waals surface area contributed by atoms with Gasteiger partial charge in [-0.2, -0.15) is 0 Å². The van der Waals surface area contributed by atoms with Crippen molar-refractivity contribution >= 4 is 10.9 Å². The van der Waals surface area contributed by atoms with E-state index in [1.165, 1.54) is 27.7 Å². The molecule has 2 aromatic rings. The first-order chi connectivity index (χ1) is 12.2. The minimum atomic E-state index is 0.104. The fourth-order valence-corrected chi connectivity index (χ4v) is 5.98. The second-order valence-electron chi connectivity index (χ2n) is 7.88. The van der Waals surface area contributed by atoms with Gasteiger partial charge in [0.05, 0.1) is 12.6 Å². The summed E-state index contributed by atoms with van der Waals surface area (Å²) in [6.07, 6.45) is 5.25. The molecule has 5 heterocycles. The molecule has 25 heavy (non-hydrogen) atoms. The van der Waals surface area contributed by atoms with E-state index < -0.39 is 0 Å². The Kier molecular flexibility index (Phi) is 3.56. The number of benzene rings is 1. The van der Waals surface area contributed by atoms with Gasteiger partial charge in [-0.1, -0.05) is 29.8 Å². The van der Waals surface area contributed by atoms with Gasteiger partial charge < -0.3 is 14.8 Å². The van der Waals surface area contributed by atoms with Gasteiger partial charge in [0.15, 0.2) is 0 Å².